The van der Waals surface area contributed by atoms with Gasteiger partial charge in [-0.3, -0.25) is 29.3 Å². The summed E-state index contributed by atoms with van der Waals surface area (Å²) in [5, 5.41) is 28.7. The molecule has 3 unspecified atom stereocenters. The fourth-order valence-corrected chi connectivity index (χ4v) is 7.64. The molecule has 0 radical (unpaired) electrons. The summed E-state index contributed by atoms with van der Waals surface area (Å²) in [5.41, 5.74) is 3.32. The molecule has 0 saturated carbocycles. The lowest BCUT2D eigenvalue weighted by molar-refractivity contribution is -0.117. The SMILES string of the molecule is C=CC(=O)NC1COCC1NC(=O)c1ccc2cc3n(c2c1)CCN(C(=C)C(O)Nc1csc(NC(=O)c2ccc4cc5n(c4c2)CCNC5=O)n1)C3=O. The molecule has 0 spiro atoms. The molecular weight excluding hydrogens is 715 g/mol. The van der Waals surface area contributed by atoms with Crippen LogP contribution in [0.4, 0.5) is 10.9 Å². The number of carbonyl (C=O) groups excluding carboxylic acids is 5. The zero-order valence-corrected chi connectivity index (χ0v) is 29.6. The number of carbonyl (C=O) groups is 5. The normalized spacial score (nSPS) is 18.4. The molecule has 3 atom stereocenters. The molecule has 0 aliphatic carbocycles. The molecule has 1 fully saturated rings. The smallest absolute Gasteiger partial charge is 0.274 e. The van der Waals surface area contributed by atoms with Crippen molar-refractivity contribution in [1.29, 1.82) is 0 Å². The van der Waals surface area contributed by atoms with Crippen LogP contribution in [-0.4, -0.2) is 98.3 Å². The van der Waals surface area contributed by atoms with E-state index in [1.54, 1.807) is 53.9 Å². The monoisotopic (exact) mass is 749 g/mol. The number of aliphatic hydroxyl groups is 1. The number of benzene rings is 2. The maximum absolute atomic E-state index is 13.7. The van der Waals surface area contributed by atoms with Gasteiger partial charge in [-0.25, -0.2) is 4.98 Å². The van der Waals surface area contributed by atoms with E-state index in [-0.39, 0.29) is 66.9 Å². The summed E-state index contributed by atoms with van der Waals surface area (Å²) in [6.07, 6.45) is -0.204. The minimum atomic E-state index is -1.37. The highest BCUT2D eigenvalue weighted by atomic mass is 32.1. The molecule has 276 valence electrons. The lowest BCUT2D eigenvalue weighted by Crippen LogP contribution is -2.50. The summed E-state index contributed by atoms with van der Waals surface area (Å²) >= 11 is 1.16. The minimum absolute atomic E-state index is 0.115. The van der Waals surface area contributed by atoms with Crippen molar-refractivity contribution in [3.05, 3.63) is 101 Å². The number of nitrogens with one attached hydrogen (secondary N) is 5. The third kappa shape index (κ3) is 6.37. The van der Waals surface area contributed by atoms with Crippen molar-refractivity contribution >= 4 is 73.6 Å². The van der Waals surface area contributed by atoms with E-state index >= 15 is 0 Å². The Morgan fingerprint density at radius 2 is 1.59 bits per heavy atom. The quantitative estimate of drug-likeness (QED) is 0.0916. The Labute approximate surface area is 311 Å². The highest BCUT2D eigenvalue weighted by molar-refractivity contribution is 7.14. The van der Waals surface area contributed by atoms with E-state index < -0.39 is 12.3 Å². The number of aromatic nitrogens is 3. The van der Waals surface area contributed by atoms with Gasteiger partial charge in [-0.05, 0) is 42.5 Å². The van der Waals surface area contributed by atoms with Gasteiger partial charge in [0.1, 0.15) is 17.2 Å². The first-order valence-electron chi connectivity index (χ1n) is 17.2. The van der Waals surface area contributed by atoms with Gasteiger partial charge < -0.3 is 45.1 Å². The molecular formula is C37H35N9O7S. The van der Waals surface area contributed by atoms with Crippen LogP contribution in [0.3, 0.4) is 0 Å². The number of anilines is 2. The molecule has 17 heteroatoms. The molecule has 3 aliphatic heterocycles. The standard InChI is InChI=1S/C37H35N9O7S/c1-3-31(47)39-24-16-53-17-25(24)40-33(49)22-6-5-21-13-29-36(52)44(10-11-46(29)27(21)14-22)19(2)32(48)41-30-18-54-37(42-30)43-34(50)23-7-4-20-12-28-35(51)38-8-9-45(28)26(20)15-23/h3-7,12-15,18,24-25,32,41,48H,1-2,8-11,16-17H2,(H,38,51)(H,39,47)(H,40,49)(H,42,43,50). The number of hydrogen-bond acceptors (Lipinski definition) is 10. The Balaban J connectivity index is 0.901. The van der Waals surface area contributed by atoms with Crippen molar-refractivity contribution in [2.75, 3.05) is 36.9 Å². The third-order valence-electron chi connectivity index (χ3n) is 9.78. The topological polar surface area (TPSA) is 201 Å². The second kappa shape index (κ2) is 13.9. The van der Waals surface area contributed by atoms with E-state index in [2.05, 4.69) is 44.7 Å². The molecule has 0 bridgehead atoms. The van der Waals surface area contributed by atoms with E-state index in [0.717, 1.165) is 27.6 Å². The summed E-state index contributed by atoms with van der Waals surface area (Å²) in [4.78, 5) is 69.8. The van der Waals surface area contributed by atoms with Gasteiger partial charge in [-0.2, -0.15) is 0 Å². The van der Waals surface area contributed by atoms with E-state index in [4.69, 9.17) is 4.74 Å². The first-order chi connectivity index (χ1) is 26.1. The van der Waals surface area contributed by atoms with Crippen LogP contribution in [0.5, 0.6) is 0 Å². The van der Waals surface area contributed by atoms with Gasteiger partial charge in [0.25, 0.3) is 23.6 Å². The maximum Gasteiger partial charge on any atom is 0.274 e. The predicted octanol–water partition coefficient (Wildman–Crippen LogP) is 2.25. The van der Waals surface area contributed by atoms with Gasteiger partial charge in [0.15, 0.2) is 11.4 Å². The first kappa shape index (κ1) is 34.8. The van der Waals surface area contributed by atoms with E-state index in [1.165, 1.54) is 11.0 Å². The highest BCUT2D eigenvalue weighted by Gasteiger charge is 2.33. The summed E-state index contributed by atoms with van der Waals surface area (Å²) in [5.74, 6) is -1.32. The van der Waals surface area contributed by atoms with E-state index in [0.29, 0.717) is 52.8 Å². The van der Waals surface area contributed by atoms with Crippen molar-refractivity contribution in [1.82, 2.24) is 35.0 Å². The van der Waals surface area contributed by atoms with Crippen molar-refractivity contribution in [3.63, 3.8) is 0 Å². The van der Waals surface area contributed by atoms with Crippen LogP contribution < -0.4 is 26.6 Å². The summed E-state index contributed by atoms with van der Waals surface area (Å²) in [6, 6.07) is 13.1. The Hall–Kier alpha value is -6.30. The van der Waals surface area contributed by atoms with Crippen LogP contribution in [0.15, 0.2) is 78.8 Å². The number of amides is 5. The molecule has 3 aliphatic rings. The zero-order chi connectivity index (χ0) is 37.7. The molecule has 6 N–H and O–H groups in total. The fourth-order valence-electron chi connectivity index (χ4n) is 6.99. The molecule has 16 nitrogen and oxygen atoms in total. The maximum atomic E-state index is 13.7. The van der Waals surface area contributed by atoms with E-state index in [1.807, 2.05) is 9.13 Å². The molecule has 1 saturated heterocycles. The molecule has 5 amide bonds. The predicted molar refractivity (Wildman–Crippen MR) is 200 cm³/mol. The van der Waals surface area contributed by atoms with Gasteiger partial charge in [0, 0.05) is 64.5 Å². The Kier molecular flexibility index (Phi) is 8.96. The lowest BCUT2D eigenvalue weighted by Gasteiger charge is -2.32. The van der Waals surface area contributed by atoms with Gasteiger partial charge in [-0.1, -0.05) is 25.3 Å². The highest BCUT2D eigenvalue weighted by Crippen LogP contribution is 2.29. The van der Waals surface area contributed by atoms with Crippen molar-refractivity contribution in [2.24, 2.45) is 0 Å². The van der Waals surface area contributed by atoms with Crippen LogP contribution in [-0.2, 0) is 22.6 Å². The third-order valence-corrected chi connectivity index (χ3v) is 10.5. The Morgan fingerprint density at radius 1 is 0.926 bits per heavy atom. The average Bonchev–Trinajstić information content (AvgIpc) is 3.97. The van der Waals surface area contributed by atoms with Crippen molar-refractivity contribution in [3.8, 4) is 0 Å². The van der Waals surface area contributed by atoms with Gasteiger partial charge in [0.05, 0.1) is 31.0 Å². The van der Waals surface area contributed by atoms with Crippen LogP contribution in [0.1, 0.15) is 41.7 Å². The lowest BCUT2D eigenvalue weighted by atomic mass is 10.1. The Morgan fingerprint density at radius 3 is 2.31 bits per heavy atom. The molecule has 54 heavy (non-hydrogen) atoms. The fraction of sp³-hybridized carbons (Fsp3) is 0.243. The molecule has 3 aromatic heterocycles. The number of nitrogens with zero attached hydrogens (tertiary/aromatic N) is 4. The summed E-state index contributed by atoms with van der Waals surface area (Å²) in [6.45, 7) is 9.68. The van der Waals surface area contributed by atoms with Crippen molar-refractivity contribution in [2.45, 2.75) is 31.4 Å². The first-order valence-corrected chi connectivity index (χ1v) is 18.0. The summed E-state index contributed by atoms with van der Waals surface area (Å²) in [7, 11) is 0. The van der Waals surface area contributed by atoms with Gasteiger partial charge in [-0.15, -0.1) is 11.3 Å². The molecule has 2 aromatic carbocycles. The summed E-state index contributed by atoms with van der Waals surface area (Å²) < 4.78 is 9.19. The second-order valence-electron chi connectivity index (χ2n) is 13.1. The number of hydrogen-bond donors (Lipinski definition) is 6. The van der Waals surface area contributed by atoms with Crippen LogP contribution in [0.2, 0.25) is 0 Å². The van der Waals surface area contributed by atoms with Gasteiger partial charge in [0.2, 0.25) is 5.91 Å². The number of ether oxygens (including phenoxy) is 1. The molecule has 8 rings (SSSR count). The van der Waals surface area contributed by atoms with Crippen molar-refractivity contribution < 1.29 is 33.8 Å². The number of rotatable bonds is 10. The number of fused-ring (bicyclic) bond motifs is 6. The second-order valence-corrected chi connectivity index (χ2v) is 13.9. The van der Waals surface area contributed by atoms with Crippen LogP contribution >= 0.6 is 11.3 Å². The molecule has 6 heterocycles. The van der Waals surface area contributed by atoms with E-state index in [9.17, 15) is 29.1 Å². The number of aliphatic hydroxyl groups excluding tert-OH is 1. The largest absolute Gasteiger partial charge is 0.377 e. The van der Waals surface area contributed by atoms with Crippen LogP contribution in [0, 0.1) is 0 Å². The zero-order valence-electron chi connectivity index (χ0n) is 28.8. The Bertz CT molecular complexity index is 2410. The average molecular weight is 750 g/mol. The minimum Gasteiger partial charge on any atom is -0.377 e. The van der Waals surface area contributed by atoms with Gasteiger partial charge >= 0.3 is 0 Å². The molecule has 5 aromatic rings. The van der Waals surface area contributed by atoms with Crippen LogP contribution in [0.25, 0.3) is 21.8 Å². The number of thiazole rings is 1.